The predicted octanol–water partition coefficient (Wildman–Crippen LogP) is 1.44. The Labute approximate surface area is 116 Å². The van der Waals surface area contributed by atoms with Crippen LogP contribution in [-0.4, -0.2) is 50.2 Å². The first-order valence-corrected chi connectivity index (χ1v) is 6.83. The van der Waals surface area contributed by atoms with Crippen molar-refractivity contribution in [2.75, 3.05) is 33.3 Å². The van der Waals surface area contributed by atoms with E-state index in [4.69, 9.17) is 4.74 Å². The maximum Gasteiger partial charge on any atom is 0.225 e. The highest BCUT2D eigenvalue weighted by Crippen LogP contribution is 2.20. The minimum absolute atomic E-state index is 0. The molecule has 106 valence electrons. The lowest BCUT2D eigenvalue weighted by molar-refractivity contribution is -0.135. The van der Waals surface area contributed by atoms with Crippen LogP contribution in [0.4, 0.5) is 0 Å². The second kappa shape index (κ2) is 7.97. The van der Waals surface area contributed by atoms with Crippen LogP contribution in [0.2, 0.25) is 0 Å². The second-order valence-corrected chi connectivity index (χ2v) is 5.24. The van der Waals surface area contributed by atoms with E-state index in [1.54, 1.807) is 0 Å². The van der Waals surface area contributed by atoms with E-state index in [-0.39, 0.29) is 24.4 Å². The molecule has 0 saturated carbocycles. The average molecular weight is 277 g/mol. The molecule has 2 aliphatic heterocycles. The lowest BCUT2D eigenvalue weighted by Gasteiger charge is -2.33. The van der Waals surface area contributed by atoms with Gasteiger partial charge in [-0.2, -0.15) is 0 Å². The molecule has 1 N–H and O–H groups in total. The van der Waals surface area contributed by atoms with Gasteiger partial charge in [0.15, 0.2) is 0 Å². The molecule has 0 radical (unpaired) electrons. The molecule has 4 nitrogen and oxygen atoms in total. The lowest BCUT2D eigenvalue weighted by atomic mass is 9.97. The number of hydrogen-bond donors (Lipinski definition) is 1. The standard InChI is InChI=1S/C13H24N2O2.ClH/c1-14-9-11-4-2-6-15(10-11)13(16)8-12-5-3-7-17-12;/h11-12,14H,2-10H2,1H3;1H. The monoisotopic (exact) mass is 276 g/mol. The van der Waals surface area contributed by atoms with E-state index >= 15 is 0 Å². The fourth-order valence-electron chi connectivity index (χ4n) is 2.88. The van der Waals surface area contributed by atoms with Gasteiger partial charge in [-0.3, -0.25) is 4.79 Å². The molecule has 2 unspecified atom stereocenters. The van der Waals surface area contributed by atoms with E-state index in [9.17, 15) is 4.79 Å². The summed E-state index contributed by atoms with van der Waals surface area (Å²) in [5.74, 6) is 0.917. The first kappa shape index (κ1) is 15.7. The van der Waals surface area contributed by atoms with Gasteiger partial charge in [0.05, 0.1) is 12.5 Å². The van der Waals surface area contributed by atoms with Gasteiger partial charge in [-0.1, -0.05) is 0 Å². The normalized spacial score (nSPS) is 27.9. The van der Waals surface area contributed by atoms with Crippen molar-refractivity contribution < 1.29 is 9.53 Å². The highest BCUT2D eigenvalue weighted by Gasteiger charge is 2.26. The summed E-state index contributed by atoms with van der Waals surface area (Å²) in [5.41, 5.74) is 0. The Morgan fingerprint density at radius 2 is 2.22 bits per heavy atom. The van der Waals surface area contributed by atoms with E-state index in [0.29, 0.717) is 12.3 Å². The van der Waals surface area contributed by atoms with Crippen LogP contribution in [0.1, 0.15) is 32.1 Å². The number of amides is 1. The van der Waals surface area contributed by atoms with Crippen LogP contribution in [0.5, 0.6) is 0 Å². The van der Waals surface area contributed by atoms with Gasteiger partial charge in [0.2, 0.25) is 5.91 Å². The van der Waals surface area contributed by atoms with Crippen LogP contribution in [0, 0.1) is 5.92 Å². The predicted molar refractivity (Wildman–Crippen MR) is 74.1 cm³/mol. The molecule has 2 atom stereocenters. The third kappa shape index (κ3) is 4.41. The van der Waals surface area contributed by atoms with Crippen LogP contribution in [0.25, 0.3) is 0 Å². The first-order chi connectivity index (χ1) is 8.29. The molecule has 2 heterocycles. The van der Waals surface area contributed by atoms with E-state index in [1.165, 1.54) is 6.42 Å². The van der Waals surface area contributed by atoms with Gasteiger partial charge in [0.1, 0.15) is 0 Å². The Hall–Kier alpha value is -0.320. The summed E-state index contributed by atoms with van der Waals surface area (Å²) in [5, 5.41) is 3.21. The zero-order valence-electron chi connectivity index (χ0n) is 11.2. The molecule has 0 aliphatic carbocycles. The molecule has 0 spiro atoms. The fourth-order valence-corrected chi connectivity index (χ4v) is 2.88. The smallest absolute Gasteiger partial charge is 0.225 e. The van der Waals surface area contributed by atoms with Gasteiger partial charge in [-0.25, -0.2) is 0 Å². The Balaban J connectivity index is 0.00000162. The summed E-state index contributed by atoms with van der Waals surface area (Å²) < 4.78 is 5.53. The van der Waals surface area contributed by atoms with Crippen molar-refractivity contribution in [3.05, 3.63) is 0 Å². The molecular formula is C13H25ClN2O2. The molecule has 2 fully saturated rings. The molecule has 0 aromatic rings. The van der Waals surface area contributed by atoms with Crippen molar-refractivity contribution in [1.82, 2.24) is 10.2 Å². The summed E-state index contributed by atoms with van der Waals surface area (Å²) in [4.78, 5) is 14.2. The average Bonchev–Trinajstić information content (AvgIpc) is 2.83. The molecule has 5 heteroatoms. The Kier molecular flexibility index (Phi) is 6.97. The van der Waals surface area contributed by atoms with Crippen LogP contribution in [0.3, 0.4) is 0 Å². The van der Waals surface area contributed by atoms with Gasteiger partial charge < -0.3 is 15.0 Å². The number of carbonyl (C=O) groups is 1. The maximum atomic E-state index is 12.1. The number of nitrogens with one attached hydrogen (secondary N) is 1. The van der Waals surface area contributed by atoms with E-state index in [0.717, 1.165) is 45.5 Å². The number of piperidine rings is 1. The van der Waals surface area contributed by atoms with Crippen LogP contribution >= 0.6 is 12.4 Å². The molecule has 2 rings (SSSR count). The molecule has 2 saturated heterocycles. The third-order valence-electron chi connectivity index (χ3n) is 3.79. The van der Waals surface area contributed by atoms with Gasteiger partial charge >= 0.3 is 0 Å². The van der Waals surface area contributed by atoms with Crippen LogP contribution < -0.4 is 5.32 Å². The van der Waals surface area contributed by atoms with Gasteiger partial charge in [-0.05, 0) is 45.2 Å². The Morgan fingerprint density at radius 3 is 2.89 bits per heavy atom. The van der Waals surface area contributed by atoms with E-state index < -0.39 is 0 Å². The Morgan fingerprint density at radius 1 is 1.39 bits per heavy atom. The minimum Gasteiger partial charge on any atom is -0.378 e. The Bertz CT molecular complexity index is 255. The summed E-state index contributed by atoms with van der Waals surface area (Å²) in [6.45, 7) is 3.71. The zero-order valence-corrected chi connectivity index (χ0v) is 12.0. The van der Waals surface area contributed by atoms with Crippen molar-refractivity contribution in [3.8, 4) is 0 Å². The molecule has 18 heavy (non-hydrogen) atoms. The highest BCUT2D eigenvalue weighted by atomic mass is 35.5. The van der Waals surface area contributed by atoms with Crippen LogP contribution in [0.15, 0.2) is 0 Å². The summed E-state index contributed by atoms with van der Waals surface area (Å²) in [6.07, 6.45) is 5.33. The van der Waals surface area contributed by atoms with E-state index in [2.05, 4.69) is 5.32 Å². The maximum absolute atomic E-state index is 12.1. The molecular weight excluding hydrogens is 252 g/mol. The fraction of sp³-hybridized carbons (Fsp3) is 0.923. The van der Waals surface area contributed by atoms with Crippen molar-refractivity contribution in [2.45, 2.75) is 38.2 Å². The number of ether oxygens (including phenoxy) is 1. The van der Waals surface area contributed by atoms with E-state index in [1.807, 2.05) is 11.9 Å². The van der Waals surface area contributed by atoms with Crippen molar-refractivity contribution in [2.24, 2.45) is 5.92 Å². The summed E-state index contributed by atoms with van der Waals surface area (Å²) in [7, 11) is 1.98. The number of carbonyl (C=O) groups excluding carboxylic acids is 1. The lowest BCUT2D eigenvalue weighted by Crippen LogP contribution is -2.43. The summed E-state index contributed by atoms with van der Waals surface area (Å²) in [6, 6.07) is 0. The highest BCUT2D eigenvalue weighted by molar-refractivity contribution is 5.85. The van der Waals surface area contributed by atoms with Crippen molar-refractivity contribution in [1.29, 1.82) is 0 Å². The molecule has 0 aromatic heterocycles. The number of nitrogens with zero attached hydrogens (tertiary/aromatic N) is 1. The zero-order chi connectivity index (χ0) is 12.1. The number of likely N-dealkylation sites (tertiary alicyclic amines) is 1. The number of halogens is 1. The number of rotatable bonds is 4. The second-order valence-electron chi connectivity index (χ2n) is 5.24. The van der Waals surface area contributed by atoms with Gasteiger partial charge in [0.25, 0.3) is 0 Å². The third-order valence-corrected chi connectivity index (χ3v) is 3.79. The molecule has 0 bridgehead atoms. The molecule has 0 aromatic carbocycles. The van der Waals surface area contributed by atoms with Crippen molar-refractivity contribution >= 4 is 18.3 Å². The number of hydrogen-bond acceptors (Lipinski definition) is 3. The van der Waals surface area contributed by atoms with Gasteiger partial charge in [-0.15, -0.1) is 12.4 Å². The minimum atomic E-state index is 0. The summed E-state index contributed by atoms with van der Waals surface area (Å²) >= 11 is 0. The van der Waals surface area contributed by atoms with Gasteiger partial charge in [0, 0.05) is 19.7 Å². The topological polar surface area (TPSA) is 41.6 Å². The van der Waals surface area contributed by atoms with Crippen molar-refractivity contribution in [3.63, 3.8) is 0 Å². The quantitative estimate of drug-likeness (QED) is 0.845. The molecule has 1 amide bonds. The first-order valence-electron chi connectivity index (χ1n) is 6.83. The SMILES string of the molecule is CNCC1CCCN(C(=O)CC2CCCO2)C1.Cl. The van der Waals surface area contributed by atoms with Crippen LogP contribution in [-0.2, 0) is 9.53 Å². The largest absolute Gasteiger partial charge is 0.378 e. The molecule has 2 aliphatic rings.